The molecule has 0 aromatic heterocycles. The van der Waals surface area contributed by atoms with E-state index in [-0.39, 0.29) is 57.4 Å². The van der Waals surface area contributed by atoms with Crippen molar-refractivity contribution in [1.82, 2.24) is 0 Å². The molecule has 0 amide bonds. The molecule has 0 radical (unpaired) electrons. The Kier molecular flexibility index (Phi) is 9.42. The monoisotopic (exact) mass is 279 g/mol. The molecule has 0 saturated heterocycles. The van der Waals surface area contributed by atoms with Crippen LogP contribution in [-0.2, 0) is 0 Å². The number of hydrogen-bond acceptors (Lipinski definition) is 3. The molecule has 1 aromatic carbocycles. The fourth-order valence-corrected chi connectivity index (χ4v) is 2.00. The average Bonchev–Trinajstić information content (AvgIpc) is 2.35. The minimum atomic E-state index is -0.574. The first-order chi connectivity index (χ1) is 7.63. The van der Waals surface area contributed by atoms with E-state index in [1.165, 1.54) is 0 Å². The van der Waals surface area contributed by atoms with Gasteiger partial charge in [-0.05, 0) is 24.0 Å². The summed E-state index contributed by atoms with van der Waals surface area (Å²) in [6.45, 7) is 1.89. The third kappa shape index (κ3) is 4.84. The molecule has 1 aromatic rings. The summed E-state index contributed by atoms with van der Waals surface area (Å²) in [4.78, 5) is 1.07. The van der Waals surface area contributed by atoms with E-state index in [0.717, 1.165) is 16.2 Å². The topological polar surface area (TPSA) is 43.6 Å². The SMILES string of the molecule is C[N-][C@H](C)C(O)c1ccc(SC)c(OC)c1.[K+]. The molecular weight excluding hydrogens is 261 g/mol. The summed E-state index contributed by atoms with van der Waals surface area (Å²) in [5, 5.41) is 14.1. The van der Waals surface area contributed by atoms with Crippen LogP contribution < -0.4 is 56.1 Å². The van der Waals surface area contributed by atoms with Crippen molar-refractivity contribution in [2.45, 2.75) is 24.0 Å². The molecule has 0 aliphatic carbocycles. The van der Waals surface area contributed by atoms with Crippen LogP contribution in [0.4, 0.5) is 0 Å². The van der Waals surface area contributed by atoms with Gasteiger partial charge in [-0.2, -0.15) is 7.05 Å². The molecule has 1 N–H and O–H groups in total. The van der Waals surface area contributed by atoms with Crippen LogP contribution in [0.1, 0.15) is 18.6 Å². The minimum Gasteiger partial charge on any atom is -0.660 e. The first-order valence-corrected chi connectivity index (χ1v) is 6.35. The molecule has 3 nitrogen and oxygen atoms in total. The number of benzene rings is 1. The molecule has 0 bridgehead atoms. The van der Waals surface area contributed by atoms with Crippen molar-refractivity contribution in [2.75, 3.05) is 20.4 Å². The van der Waals surface area contributed by atoms with Crippen LogP contribution in [0.3, 0.4) is 0 Å². The molecule has 0 saturated carbocycles. The zero-order valence-electron chi connectivity index (χ0n) is 11.1. The fraction of sp³-hybridized carbons (Fsp3) is 0.500. The summed E-state index contributed by atoms with van der Waals surface area (Å²) in [6, 6.07) is 5.65. The predicted octanol–water partition coefficient (Wildman–Crippen LogP) is -0.154. The van der Waals surface area contributed by atoms with Gasteiger partial charge in [-0.3, -0.25) is 0 Å². The quantitative estimate of drug-likeness (QED) is 0.602. The van der Waals surface area contributed by atoms with Gasteiger partial charge in [-0.25, -0.2) is 0 Å². The van der Waals surface area contributed by atoms with Gasteiger partial charge in [0.2, 0.25) is 0 Å². The first-order valence-electron chi connectivity index (χ1n) is 5.13. The summed E-state index contributed by atoms with van der Waals surface area (Å²) in [7, 11) is 3.35. The molecule has 1 rings (SSSR count). The van der Waals surface area contributed by atoms with Gasteiger partial charge in [0.15, 0.2) is 0 Å². The molecule has 2 atom stereocenters. The third-order valence-electron chi connectivity index (χ3n) is 2.61. The van der Waals surface area contributed by atoms with Crippen LogP contribution in [0.15, 0.2) is 23.1 Å². The smallest absolute Gasteiger partial charge is 0.660 e. The van der Waals surface area contributed by atoms with Gasteiger partial charge in [0, 0.05) is 4.90 Å². The molecule has 90 valence electrons. The maximum Gasteiger partial charge on any atom is 1.00 e. The van der Waals surface area contributed by atoms with E-state index in [1.807, 2.05) is 31.4 Å². The number of rotatable bonds is 5. The normalized spacial score (nSPS) is 13.7. The second-order valence-electron chi connectivity index (χ2n) is 3.56. The Morgan fingerprint density at radius 1 is 1.41 bits per heavy atom. The van der Waals surface area contributed by atoms with Crippen molar-refractivity contribution in [3.63, 3.8) is 0 Å². The van der Waals surface area contributed by atoms with Gasteiger partial charge in [0.1, 0.15) is 5.75 Å². The molecule has 5 heteroatoms. The van der Waals surface area contributed by atoms with Crippen molar-refractivity contribution in [3.05, 3.63) is 29.1 Å². The van der Waals surface area contributed by atoms with Gasteiger partial charge in [-0.15, -0.1) is 17.8 Å². The Labute approximate surface area is 150 Å². The third-order valence-corrected chi connectivity index (χ3v) is 3.39. The molecule has 1 unspecified atom stereocenters. The van der Waals surface area contributed by atoms with Crippen LogP contribution in [0, 0.1) is 0 Å². The Morgan fingerprint density at radius 2 is 2.06 bits per heavy atom. The van der Waals surface area contributed by atoms with Crippen molar-refractivity contribution >= 4 is 11.8 Å². The predicted molar refractivity (Wildman–Crippen MR) is 68.5 cm³/mol. The maximum absolute atomic E-state index is 10.0. The number of nitrogens with zero attached hydrogens (tertiary/aromatic N) is 1. The second-order valence-corrected chi connectivity index (χ2v) is 4.41. The number of ether oxygens (including phenoxy) is 1. The van der Waals surface area contributed by atoms with E-state index in [0.29, 0.717) is 0 Å². The fourth-order valence-electron chi connectivity index (χ4n) is 1.46. The van der Waals surface area contributed by atoms with Crippen molar-refractivity contribution in [3.8, 4) is 5.75 Å². The zero-order valence-corrected chi connectivity index (χ0v) is 15.0. The number of hydrogen-bond donors (Lipinski definition) is 1. The molecule has 0 aliphatic heterocycles. The van der Waals surface area contributed by atoms with E-state index in [9.17, 15) is 5.11 Å². The van der Waals surface area contributed by atoms with E-state index in [1.54, 1.807) is 25.9 Å². The first kappa shape index (κ1) is 17.9. The van der Waals surface area contributed by atoms with Gasteiger partial charge in [-0.1, -0.05) is 13.0 Å². The summed E-state index contributed by atoms with van der Waals surface area (Å²) >= 11 is 1.62. The Hall–Kier alpha value is 0.926. The maximum atomic E-state index is 10.0. The number of methoxy groups -OCH3 is 1. The van der Waals surface area contributed by atoms with Crippen LogP contribution in [0.25, 0.3) is 5.32 Å². The summed E-state index contributed by atoms with van der Waals surface area (Å²) in [6.07, 6.45) is 1.42. The average molecular weight is 279 g/mol. The molecule has 0 spiro atoms. The van der Waals surface area contributed by atoms with Crippen LogP contribution in [0.5, 0.6) is 5.75 Å². The summed E-state index contributed by atoms with van der Waals surface area (Å²) in [5.74, 6) is 0.798. The Balaban J connectivity index is 0.00000256. The summed E-state index contributed by atoms with van der Waals surface area (Å²) in [5.41, 5.74) is 0.841. The zero-order chi connectivity index (χ0) is 12.1. The van der Waals surface area contributed by atoms with Crippen LogP contribution in [-0.4, -0.2) is 31.6 Å². The van der Waals surface area contributed by atoms with E-state index >= 15 is 0 Å². The second kappa shape index (κ2) is 8.93. The van der Waals surface area contributed by atoms with E-state index < -0.39 is 6.10 Å². The Morgan fingerprint density at radius 3 is 2.53 bits per heavy atom. The van der Waals surface area contributed by atoms with Gasteiger partial charge < -0.3 is 15.2 Å². The number of aliphatic hydroxyl groups is 1. The van der Waals surface area contributed by atoms with Crippen molar-refractivity contribution in [2.24, 2.45) is 0 Å². The van der Waals surface area contributed by atoms with Crippen LogP contribution in [0.2, 0.25) is 0 Å². The van der Waals surface area contributed by atoms with Gasteiger partial charge >= 0.3 is 51.4 Å². The van der Waals surface area contributed by atoms with E-state index in [2.05, 4.69) is 5.32 Å². The molecule has 17 heavy (non-hydrogen) atoms. The standard InChI is InChI=1S/C12H18NO2S.K/c1-8(13-2)12(14)9-5-6-11(16-4)10(7-9)15-3;/h5-8,12,14H,1-4H3;/q-1;+1/t8-,12?;/m1./s1. The van der Waals surface area contributed by atoms with Gasteiger partial charge in [0.25, 0.3) is 0 Å². The number of likely N-dealkylation sites (N-methyl/N-ethyl adjacent to an activating group) is 1. The van der Waals surface area contributed by atoms with Crippen LogP contribution >= 0.6 is 11.8 Å². The summed E-state index contributed by atoms with van der Waals surface area (Å²) < 4.78 is 5.28. The van der Waals surface area contributed by atoms with E-state index in [4.69, 9.17) is 4.74 Å². The number of thioether (sulfide) groups is 1. The van der Waals surface area contributed by atoms with Crippen molar-refractivity contribution < 1.29 is 61.2 Å². The van der Waals surface area contributed by atoms with Crippen molar-refractivity contribution in [1.29, 1.82) is 0 Å². The largest absolute Gasteiger partial charge is 1.00 e. The number of aliphatic hydroxyl groups excluding tert-OH is 1. The molecular formula is C12H18KNO2S. The Bertz CT molecular complexity index is 349. The molecule has 0 heterocycles. The van der Waals surface area contributed by atoms with Gasteiger partial charge in [0.05, 0.1) is 13.2 Å². The molecule has 0 fully saturated rings. The molecule has 0 aliphatic rings. The minimum absolute atomic E-state index is 0.